The zero-order chi connectivity index (χ0) is 30.7. The molecule has 2 aromatic carbocycles. The first-order chi connectivity index (χ1) is 19.0. The first-order valence-electron chi connectivity index (χ1n) is 12.5. The third-order valence-electron chi connectivity index (χ3n) is 5.95. The number of esters is 1. The van der Waals surface area contributed by atoms with Gasteiger partial charge in [0.15, 0.2) is 0 Å². The zero-order valence-electron chi connectivity index (χ0n) is 22.5. The number of nitrogens with one attached hydrogen (secondary N) is 3. The fourth-order valence-corrected chi connectivity index (χ4v) is 4.15. The van der Waals surface area contributed by atoms with Gasteiger partial charge in [0.1, 0.15) is 0 Å². The maximum absolute atomic E-state index is 13.1. The maximum atomic E-state index is 13.1. The number of urea groups is 2. The molecule has 0 radical (unpaired) electrons. The van der Waals surface area contributed by atoms with Gasteiger partial charge >= 0.3 is 30.4 Å². The van der Waals surface area contributed by atoms with Crippen LogP contribution >= 0.6 is 0 Å². The van der Waals surface area contributed by atoms with E-state index in [9.17, 15) is 40.7 Å². The average molecular weight is 587 g/mol. The van der Waals surface area contributed by atoms with E-state index in [0.29, 0.717) is 36.4 Å². The highest BCUT2D eigenvalue weighted by Gasteiger charge is 2.38. The number of hydrogen-bond acceptors (Lipinski definition) is 4. The normalized spacial score (nSPS) is 16.0. The summed E-state index contributed by atoms with van der Waals surface area (Å²) in [5.74, 6) is -0.621. The first-order valence-corrected chi connectivity index (χ1v) is 12.5. The minimum atomic E-state index is -5.07. The summed E-state index contributed by atoms with van der Waals surface area (Å²) in [6, 6.07) is 4.12. The van der Waals surface area contributed by atoms with Gasteiger partial charge in [0, 0.05) is 23.6 Å². The van der Waals surface area contributed by atoms with Crippen molar-refractivity contribution < 1.29 is 45.5 Å². The van der Waals surface area contributed by atoms with E-state index < -0.39 is 59.3 Å². The molecule has 4 amide bonds. The summed E-state index contributed by atoms with van der Waals surface area (Å²) < 4.78 is 84.0. The smallest absolute Gasteiger partial charge is 0.416 e. The van der Waals surface area contributed by atoms with Crippen molar-refractivity contribution in [1.29, 1.82) is 0 Å². The number of alkyl halides is 6. The van der Waals surface area contributed by atoms with Gasteiger partial charge < -0.3 is 20.7 Å². The molecule has 0 fully saturated rings. The maximum Gasteiger partial charge on any atom is 0.416 e. The van der Waals surface area contributed by atoms with E-state index in [1.54, 1.807) is 20.8 Å². The molecule has 1 heterocycles. The molecular formula is C27H28F6N4O4. The highest BCUT2D eigenvalue weighted by molar-refractivity contribution is 6.00. The molecule has 2 aromatic rings. The lowest BCUT2D eigenvalue weighted by Gasteiger charge is -2.35. The number of halogens is 6. The lowest BCUT2D eigenvalue weighted by Crippen LogP contribution is -2.48. The molecule has 0 saturated heterocycles. The van der Waals surface area contributed by atoms with Crippen LogP contribution in [0.25, 0.3) is 0 Å². The molecule has 1 atom stereocenters. The zero-order valence-corrected chi connectivity index (χ0v) is 22.5. The fraction of sp³-hybridized carbons (Fsp3) is 0.370. The van der Waals surface area contributed by atoms with Crippen molar-refractivity contribution in [2.45, 2.75) is 58.6 Å². The first kappa shape index (κ1) is 31.3. The van der Waals surface area contributed by atoms with Crippen LogP contribution in [0.2, 0.25) is 0 Å². The van der Waals surface area contributed by atoms with Crippen LogP contribution in [-0.2, 0) is 21.9 Å². The van der Waals surface area contributed by atoms with Crippen molar-refractivity contribution in [3.63, 3.8) is 0 Å². The van der Waals surface area contributed by atoms with Gasteiger partial charge in [0.2, 0.25) is 0 Å². The molecule has 3 rings (SSSR count). The quantitative estimate of drug-likeness (QED) is 0.239. The van der Waals surface area contributed by atoms with E-state index in [1.807, 2.05) is 12.2 Å². The molecule has 0 saturated carbocycles. The topological polar surface area (TPSA) is 99.8 Å². The number of rotatable bonds is 7. The van der Waals surface area contributed by atoms with Crippen LogP contribution in [0.4, 0.5) is 47.3 Å². The van der Waals surface area contributed by atoms with Crippen LogP contribution in [0, 0.1) is 0 Å². The summed E-state index contributed by atoms with van der Waals surface area (Å²) in [7, 11) is 0. The van der Waals surface area contributed by atoms with E-state index in [2.05, 4.69) is 10.6 Å². The van der Waals surface area contributed by atoms with Crippen LogP contribution in [0.3, 0.4) is 0 Å². The van der Waals surface area contributed by atoms with Gasteiger partial charge in [-0.2, -0.15) is 26.3 Å². The highest BCUT2D eigenvalue weighted by atomic mass is 19.4. The van der Waals surface area contributed by atoms with Crippen molar-refractivity contribution in [1.82, 2.24) is 10.2 Å². The predicted molar refractivity (Wildman–Crippen MR) is 138 cm³/mol. The van der Waals surface area contributed by atoms with Gasteiger partial charge in [-0.25, -0.2) is 14.4 Å². The number of anilines is 2. The lowest BCUT2D eigenvalue weighted by atomic mass is 9.94. The molecule has 1 unspecified atom stereocenters. The van der Waals surface area contributed by atoms with Crippen molar-refractivity contribution in [2.24, 2.45) is 0 Å². The molecule has 0 aliphatic carbocycles. The van der Waals surface area contributed by atoms with Crippen molar-refractivity contribution in [3.8, 4) is 0 Å². The molecule has 0 aromatic heterocycles. The number of benzene rings is 2. The van der Waals surface area contributed by atoms with Crippen molar-refractivity contribution in [2.75, 3.05) is 17.2 Å². The highest BCUT2D eigenvalue weighted by Crippen LogP contribution is 2.38. The monoisotopic (exact) mass is 586 g/mol. The Morgan fingerprint density at radius 3 is 1.98 bits per heavy atom. The number of amides is 4. The number of ether oxygens (including phenoxy) is 1. The largest absolute Gasteiger partial charge is 0.459 e. The molecule has 1 aliphatic rings. The van der Waals surface area contributed by atoms with Crippen LogP contribution < -0.4 is 16.0 Å². The molecule has 0 bridgehead atoms. The van der Waals surface area contributed by atoms with Crippen LogP contribution in [-0.4, -0.2) is 35.6 Å². The second-order valence-electron chi connectivity index (χ2n) is 9.48. The summed E-state index contributed by atoms with van der Waals surface area (Å²) in [6.45, 7) is 7.25. The van der Waals surface area contributed by atoms with Crippen LogP contribution in [0.15, 0.2) is 53.7 Å². The van der Waals surface area contributed by atoms with Gasteiger partial charge in [-0.1, -0.05) is 19.1 Å². The van der Waals surface area contributed by atoms with E-state index >= 15 is 0 Å². The van der Waals surface area contributed by atoms with E-state index in [1.165, 1.54) is 29.2 Å². The van der Waals surface area contributed by atoms with Gasteiger partial charge in [0.05, 0.1) is 28.8 Å². The van der Waals surface area contributed by atoms with Gasteiger partial charge in [-0.05, 0) is 63.1 Å². The van der Waals surface area contributed by atoms with Crippen molar-refractivity contribution in [3.05, 3.63) is 70.4 Å². The van der Waals surface area contributed by atoms with E-state index in [-0.39, 0.29) is 17.3 Å². The van der Waals surface area contributed by atoms with E-state index in [0.717, 1.165) is 0 Å². The molecule has 3 N–H and O–H groups in total. The molecule has 8 nitrogen and oxygen atoms in total. The summed E-state index contributed by atoms with van der Waals surface area (Å²) in [5.41, 5.74) is -2.62. The summed E-state index contributed by atoms with van der Waals surface area (Å²) in [5, 5.41) is 7.08. The number of hydrogen-bond donors (Lipinski definition) is 3. The Balaban J connectivity index is 1.83. The minimum Gasteiger partial charge on any atom is -0.459 e. The second-order valence-corrected chi connectivity index (χ2v) is 9.48. The Bertz CT molecular complexity index is 1300. The Morgan fingerprint density at radius 2 is 1.49 bits per heavy atom. The average Bonchev–Trinajstić information content (AvgIpc) is 2.85. The van der Waals surface area contributed by atoms with Crippen molar-refractivity contribution >= 4 is 29.4 Å². The Morgan fingerprint density at radius 1 is 0.951 bits per heavy atom. The van der Waals surface area contributed by atoms with Gasteiger partial charge in [0.25, 0.3) is 0 Å². The fourth-order valence-electron chi connectivity index (χ4n) is 4.15. The predicted octanol–water partition coefficient (Wildman–Crippen LogP) is 7.07. The molecule has 14 heteroatoms. The van der Waals surface area contributed by atoms with E-state index in [4.69, 9.17) is 4.74 Å². The summed E-state index contributed by atoms with van der Waals surface area (Å²) in [6.07, 6.45) is -9.92. The third kappa shape index (κ3) is 7.70. The molecule has 1 aliphatic heterocycles. The van der Waals surface area contributed by atoms with Crippen LogP contribution in [0.1, 0.15) is 56.8 Å². The Hall–Kier alpha value is -4.23. The van der Waals surface area contributed by atoms with Gasteiger partial charge in [-0.3, -0.25) is 4.90 Å². The molecule has 222 valence electrons. The van der Waals surface area contributed by atoms with Gasteiger partial charge in [-0.15, -0.1) is 0 Å². The number of carbonyl (C=O) groups is 3. The molecule has 0 spiro atoms. The Labute approximate surface area is 231 Å². The number of allylic oxidation sites excluding steroid dienone is 1. The minimum absolute atomic E-state index is 0.0469. The SMILES string of the molecule is CCCN1C(=O)NC(c2ccc(NC(=O)Nc3cc(C(F)(F)F)cc(C(F)(F)F)c3)cc2)C(C(=O)OC(C)C)=C1C. The lowest BCUT2D eigenvalue weighted by molar-refractivity contribution is -0.144. The number of nitrogens with zero attached hydrogens (tertiary/aromatic N) is 1. The molecular weight excluding hydrogens is 558 g/mol. The summed E-state index contributed by atoms with van der Waals surface area (Å²) in [4.78, 5) is 39.5. The standard InChI is InChI=1S/C27H28F6N4O4/c1-5-10-37-15(4)21(23(38)41-14(2)3)22(36-25(37)40)16-6-8-19(9-7-16)34-24(39)35-20-12-17(26(28,29)30)11-18(13-20)27(31,32)33/h6-9,11-14,22H,5,10H2,1-4H3,(H,36,40)(H2,34,35,39). The van der Waals surface area contributed by atoms with Crippen LogP contribution in [0.5, 0.6) is 0 Å². The third-order valence-corrected chi connectivity index (χ3v) is 5.95. The summed E-state index contributed by atoms with van der Waals surface area (Å²) >= 11 is 0. The Kier molecular flexibility index (Phi) is 9.24. The number of carbonyl (C=O) groups excluding carboxylic acids is 3. The second kappa shape index (κ2) is 12.1. The molecule has 41 heavy (non-hydrogen) atoms.